The van der Waals surface area contributed by atoms with E-state index in [0.717, 1.165) is 45.1 Å². The Morgan fingerprint density at radius 1 is 1.21 bits per heavy atom. The van der Waals surface area contributed by atoms with Gasteiger partial charge in [-0.2, -0.15) is 8.42 Å². The molecule has 1 N–H and O–H groups in total. The van der Waals surface area contributed by atoms with Crippen molar-refractivity contribution in [3.63, 3.8) is 0 Å². The van der Waals surface area contributed by atoms with Crippen molar-refractivity contribution < 1.29 is 17.8 Å². The number of amides is 1. The van der Waals surface area contributed by atoms with E-state index in [1.807, 2.05) is 12.5 Å². The van der Waals surface area contributed by atoms with Crippen LogP contribution in [-0.4, -0.2) is 51.2 Å². The summed E-state index contributed by atoms with van der Waals surface area (Å²) < 4.78 is 34.3. The number of nitrogens with zero attached hydrogens (tertiary/aromatic N) is 3. The lowest BCUT2D eigenvalue weighted by Gasteiger charge is -2.37. The second kappa shape index (κ2) is 9.60. The first-order chi connectivity index (χ1) is 13.8. The van der Waals surface area contributed by atoms with Crippen LogP contribution >= 0.6 is 0 Å². The van der Waals surface area contributed by atoms with Gasteiger partial charge in [-0.05, 0) is 63.2 Å². The quantitative estimate of drug-likeness (QED) is 0.609. The van der Waals surface area contributed by atoms with E-state index in [0.29, 0.717) is 37.1 Å². The van der Waals surface area contributed by atoms with Gasteiger partial charge in [-0.25, -0.2) is 4.98 Å². The van der Waals surface area contributed by atoms with Crippen molar-refractivity contribution in [2.75, 3.05) is 6.54 Å². The monoisotopic (exact) mass is 425 g/mol. The second-order valence-corrected chi connectivity index (χ2v) is 10.6. The van der Waals surface area contributed by atoms with Crippen LogP contribution in [0.2, 0.25) is 0 Å². The van der Waals surface area contributed by atoms with Gasteiger partial charge in [0.1, 0.15) is 0 Å². The molecule has 0 spiro atoms. The molecule has 1 aliphatic carbocycles. The molecule has 1 aromatic rings. The molecule has 1 amide bonds. The van der Waals surface area contributed by atoms with Gasteiger partial charge in [-0.1, -0.05) is 13.8 Å². The molecule has 0 aromatic carbocycles. The number of hydrogen-bond acceptors (Lipinski definition) is 4. The number of carbonyl (C=O) groups excluding carboxylic acids is 1. The summed E-state index contributed by atoms with van der Waals surface area (Å²) in [4.78, 5) is 18.8. The molecule has 2 fully saturated rings. The Morgan fingerprint density at radius 3 is 2.45 bits per heavy atom. The van der Waals surface area contributed by atoms with E-state index in [1.165, 1.54) is 0 Å². The van der Waals surface area contributed by atoms with Crippen molar-refractivity contribution in [1.29, 1.82) is 0 Å². The Kier molecular flexibility index (Phi) is 7.37. The van der Waals surface area contributed by atoms with Crippen LogP contribution in [0.25, 0.3) is 0 Å². The smallest absolute Gasteiger partial charge is 0.267 e. The van der Waals surface area contributed by atoms with E-state index in [-0.39, 0.29) is 11.9 Å². The van der Waals surface area contributed by atoms with Gasteiger partial charge >= 0.3 is 0 Å². The summed E-state index contributed by atoms with van der Waals surface area (Å²) in [7, 11) is -3.92. The molecular formula is C21H35N3O4S. The van der Waals surface area contributed by atoms with E-state index in [4.69, 9.17) is 0 Å². The van der Waals surface area contributed by atoms with Crippen molar-refractivity contribution in [1.82, 2.24) is 14.5 Å². The highest BCUT2D eigenvalue weighted by Gasteiger charge is 2.35. The summed E-state index contributed by atoms with van der Waals surface area (Å²) in [5.74, 6) is 1.12. The standard InChI is InChI=1S/C21H35N3O4S/c1-3-18(23-12-10-22-15-23)14-19(24-11-4-5-21(24)25)13-16(2)17-6-8-20(9-7-17)29(26,27)28/h10,12,15-20H,3-9,11,13-14H2,1-2H3,(H,26,27,28). The minimum Gasteiger partial charge on any atom is -0.340 e. The van der Waals surface area contributed by atoms with Gasteiger partial charge in [-0.3, -0.25) is 9.35 Å². The average Bonchev–Trinajstić information content (AvgIpc) is 3.36. The maximum absolute atomic E-state index is 12.5. The third kappa shape index (κ3) is 5.60. The van der Waals surface area contributed by atoms with E-state index >= 15 is 0 Å². The maximum Gasteiger partial charge on any atom is 0.267 e. The molecule has 0 radical (unpaired) electrons. The van der Waals surface area contributed by atoms with E-state index in [2.05, 4.69) is 28.3 Å². The first-order valence-electron chi connectivity index (χ1n) is 11.0. The molecule has 2 heterocycles. The van der Waals surface area contributed by atoms with Crippen molar-refractivity contribution in [2.24, 2.45) is 11.8 Å². The lowest BCUT2D eigenvalue weighted by Crippen LogP contribution is -2.40. The van der Waals surface area contributed by atoms with Crippen LogP contribution in [0.3, 0.4) is 0 Å². The molecule has 1 aromatic heterocycles. The van der Waals surface area contributed by atoms with Gasteiger partial charge in [-0.15, -0.1) is 0 Å². The highest BCUT2D eigenvalue weighted by molar-refractivity contribution is 7.86. The summed E-state index contributed by atoms with van der Waals surface area (Å²) >= 11 is 0. The summed E-state index contributed by atoms with van der Waals surface area (Å²) in [5, 5.41) is -0.604. The van der Waals surface area contributed by atoms with Crippen molar-refractivity contribution in [3.8, 4) is 0 Å². The Labute approximate surface area is 174 Å². The molecule has 3 atom stereocenters. The summed E-state index contributed by atoms with van der Waals surface area (Å²) in [5.41, 5.74) is 0. The summed E-state index contributed by atoms with van der Waals surface area (Å²) in [6.45, 7) is 5.25. The van der Waals surface area contributed by atoms with Gasteiger partial charge < -0.3 is 9.47 Å². The molecule has 7 nitrogen and oxygen atoms in total. The average molecular weight is 426 g/mol. The third-order valence-electron chi connectivity index (χ3n) is 7.10. The Morgan fingerprint density at radius 2 is 1.93 bits per heavy atom. The van der Waals surface area contributed by atoms with Crippen LogP contribution in [0.4, 0.5) is 0 Å². The SMILES string of the molecule is CCC(CC(CC(C)C1CCC(S(=O)(=O)O)CC1)N1CCCC1=O)n1ccnc1. The molecular weight excluding hydrogens is 390 g/mol. The van der Waals surface area contributed by atoms with Gasteiger partial charge in [0.15, 0.2) is 0 Å². The van der Waals surface area contributed by atoms with E-state index < -0.39 is 15.4 Å². The zero-order chi connectivity index (χ0) is 21.0. The summed E-state index contributed by atoms with van der Waals surface area (Å²) in [6, 6.07) is 0.519. The molecule has 1 aliphatic heterocycles. The lowest BCUT2D eigenvalue weighted by atomic mass is 9.77. The van der Waals surface area contributed by atoms with Gasteiger partial charge in [0.05, 0.1) is 11.6 Å². The number of imidazole rings is 1. The minimum atomic E-state index is -3.92. The topological polar surface area (TPSA) is 92.5 Å². The van der Waals surface area contributed by atoms with Crippen LogP contribution in [0.15, 0.2) is 18.7 Å². The molecule has 164 valence electrons. The first-order valence-corrected chi connectivity index (χ1v) is 12.5. The van der Waals surface area contributed by atoms with Crippen LogP contribution in [-0.2, 0) is 14.9 Å². The van der Waals surface area contributed by atoms with Crippen molar-refractivity contribution in [2.45, 2.75) is 89.0 Å². The predicted octanol–water partition coefficient (Wildman–Crippen LogP) is 3.69. The van der Waals surface area contributed by atoms with E-state index in [9.17, 15) is 17.8 Å². The van der Waals surface area contributed by atoms with Gasteiger partial charge in [0.2, 0.25) is 5.91 Å². The molecule has 3 unspecified atom stereocenters. The van der Waals surface area contributed by atoms with Crippen LogP contribution in [0.5, 0.6) is 0 Å². The number of hydrogen-bond donors (Lipinski definition) is 1. The number of carbonyl (C=O) groups is 1. The van der Waals surface area contributed by atoms with Crippen molar-refractivity contribution in [3.05, 3.63) is 18.7 Å². The zero-order valence-corrected chi connectivity index (χ0v) is 18.4. The number of aromatic nitrogens is 2. The second-order valence-electron chi connectivity index (χ2n) is 8.92. The molecule has 2 aliphatic rings. The molecule has 1 saturated heterocycles. The molecule has 8 heteroatoms. The van der Waals surface area contributed by atoms with E-state index in [1.54, 1.807) is 6.20 Å². The first kappa shape index (κ1) is 22.3. The Balaban J connectivity index is 1.66. The fourth-order valence-electron chi connectivity index (χ4n) is 5.28. The molecule has 3 rings (SSSR count). The maximum atomic E-state index is 12.5. The fraction of sp³-hybridized carbons (Fsp3) is 0.810. The molecule has 29 heavy (non-hydrogen) atoms. The van der Waals surface area contributed by atoms with Gasteiger partial charge in [0.25, 0.3) is 10.1 Å². The van der Waals surface area contributed by atoms with Gasteiger partial charge in [0, 0.05) is 37.4 Å². The number of likely N-dealkylation sites (tertiary alicyclic amines) is 1. The third-order valence-corrected chi connectivity index (χ3v) is 8.42. The fourth-order valence-corrected chi connectivity index (χ4v) is 6.15. The van der Waals surface area contributed by atoms with Crippen LogP contribution in [0.1, 0.15) is 77.7 Å². The Bertz CT molecular complexity index is 757. The van der Waals surface area contributed by atoms with Crippen LogP contribution < -0.4 is 0 Å². The number of rotatable bonds is 9. The van der Waals surface area contributed by atoms with Crippen molar-refractivity contribution >= 4 is 16.0 Å². The zero-order valence-electron chi connectivity index (χ0n) is 17.6. The molecule has 1 saturated carbocycles. The Hall–Kier alpha value is -1.41. The lowest BCUT2D eigenvalue weighted by molar-refractivity contribution is -0.130. The summed E-state index contributed by atoms with van der Waals surface area (Å²) in [6.07, 6.45) is 12.8. The largest absolute Gasteiger partial charge is 0.340 e. The normalized spacial score (nSPS) is 26.4. The minimum absolute atomic E-state index is 0.201. The van der Waals surface area contributed by atoms with Crippen LogP contribution in [0, 0.1) is 11.8 Å². The molecule has 0 bridgehead atoms. The highest BCUT2D eigenvalue weighted by atomic mass is 32.2. The highest BCUT2D eigenvalue weighted by Crippen LogP contribution is 2.37. The predicted molar refractivity (Wildman–Crippen MR) is 112 cm³/mol.